The van der Waals surface area contributed by atoms with Crippen LogP contribution in [0.4, 0.5) is 0 Å². The molecule has 0 saturated carbocycles. The van der Waals surface area contributed by atoms with Crippen LogP contribution in [-0.4, -0.2) is 12.1 Å². The van der Waals surface area contributed by atoms with Gasteiger partial charge in [-0.3, -0.25) is 4.79 Å². The summed E-state index contributed by atoms with van der Waals surface area (Å²) >= 11 is 0. The third-order valence-corrected chi connectivity index (χ3v) is 4.16. The number of rotatable bonds is 6. The molecule has 0 aliphatic rings. The maximum Gasteiger partial charge on any atom is 0.271 e. The Kier molecular flexibility index (Phi) is 6.17. The number of amides is 1. The van der Waals surface area contributed by atoms with Crippen molar-refractivity contribution in [2.75, 3.05) is 0 Å². The highest BCUT2D eigenvalue weighted by atomic mass is 16.5. The number of benzene rings is 3. The van der Waals surface area contributed by atoms with Crippen LogP contribution in [0, 0.1) is 18.3 Å². The van der Waals surface area contributed by atoms with Gasteiger partial charge in [0.05, 0.1) is 17.8 Å². The number of hydrazone groups is 1. The molecule has 0 fully saturated rings. The second-order valence-corrected chi connectivity index (χ2v) is 6.15. The smallest absolute Gasteiger partial charge is 0.271 e. The molecular weight excluding hydrogens is 350 g/mol. The number of hydrogen-bond acceptors (Lipinski definition) is 4. The van der Waals surface area contributed by atoms with E-state index in [1.54, 1.807) is 24.4 Å². The number of ether oxygens (including phenoxy) is 1. The summed E-state index contributed by atoms with van der Waals surface area (Å²) in [5.74, 6) is 0.395. The number of aryl methyl sites for hydroxylation is 1. The van der Waals surface area contributed by atoms with E-state index in [0.29, 0.717) is 23.5 Å². The summed E-state index contributed by atoms with van der Waals surface area (Å²) in [6, 6.07) is 24.1. The van der Waals surface area contributed by atoms with Crippen LogP contribution in [0.5, 0.6) is 5.75 Å². The van der Waals surface area contributed by atoms with Gasteiger partial charge in [-0.15, -0.1) is 0 Å². The van der Waals surface area contributed by atoms with Crippen molar-refractivity contribution in [3.8, 4) is 11.8 Å². The van der Waals surface area contributed by atoms with Gasteiger partial charge in [0, 0.05) is 11.1 Å². The standard InChI is InChI=1S/C23H19N3O2/c1-17-6-2-4-8-21(17)23(27)26-25-15-20-7-3-5-9-22(20)28-16-19-12-10-18(14-24)11-13-19/h2-13,15H,16H2,1H3,(H,26,27)/b25-15-. The van der Waals surface area contributed by atoms with Gasteiger partial charge in [0.2, 0.25) is 0 Å². The third kappa shape index (κ3) is 4.83. The number of para-hydroxylation sites is 1. The van der Waals surface area contributed by atoms with Crippen LogP contribution < -0.4 is 10.2 Å². The second-order valence-electron chi connectivity index (χ2n) is 6.15. The van der Waals surface area contributed by atoms with Crippen molar-refractivity contribution in [3.05, 3.63) is 101 Å². The average molecular weight is 369 g/mol. The molecule has 0 bridgehead atoms. The minimum Gasteiger partial charge on any atom is -0.488 e. The van der Waals surface area contributed by atoms with Crippen LogP contribution in [0.1, 0.15) is 32.6 Å². The van der Waals surface area contributed by atoms with E-state index >= 15 is 0 Å². The molecule has 0 atom stereocenters. The molecule has 3 rings (SSSR count). The van der Waals surface area contributed by atoms with Crippen molar-refractivity contribution in [1.29, 1.82) is 5.26 Å². The SMILES string of the molecule is Cc1ccccc1C(=O)N/N=C\c1ccccc1OCc1ccc(C#N)cc1. The predicted molar refractivity (Wildman–Crippen MR) is 108 cm³/mol. The van der Waals surface area contributed by atoms with Gasteiger partial charge < -0.3 is 4.74 Å². The Bertz CT molecular complexity index is 1030. The highest BCUT2D eigenvalue weighted by Crippen LogP contribution is 2.18. The highest BCUT2D eigenvalue weighted by molar-refractivity contribution is 5.96. The largest absolute Gasteiger partial charge is 0.488 e. The first kappa shape index (κ1) is 18.9. The van der Waals surface area contributed by atoms with Gasteiger partial charge in [-0.05, 0) is 48.4 Å². The Morgan fingerprint density at radius 1 is 1.07 bits per heavy atom. The lowest BCUT2D eigenvalue weighted by Crippen LogP contribution is -2.18. The quantitative estimate of drug-likeness (QED) is 0.522. The van der Waals surface area contributed by atoms with Crippen molar-refractivity contribution >= 4 is 12.1 Å². The number of carbonyl (C=O) groups is 1. The molecule has 0 heterocycles. The van der Waals surface area contributed by atoms with Crippen molar-refractivity contribution < 1.29 is 9.53 Å². The Labute approximate surface area is 163 Å². The normalized spacial score (nSPS) is 10.4. The third-order valence-electron chi connectivity index (χ3n) is 4.16. The van der Waals surface area contributed by atoms with E-state index in [0.717, 1.165) is 16.7 Å². The first-order valence-electron chi connectivity index (χ1n) is 8.77. The lowest BCUT2D eigenvalue weighted by Gasteiger charge is -2.09. The molecule has 0 aliphatic heterocycles. The van der Waals surface area contributed by atoms with Crippen LogP contribution in [-0.2, 0) is 6.61 Å². The topological polar surface area (TPSA) is 74.5 Å². The highest BCUT2D eigenvalue weighted by Gasteiger charge is 2.07. The first-order valence-corrected chi connectivity index (χ1v) is 8.77. The summed E-state index contributed by atoms with van der Waals surface area (Å²) in [7, 11) is 0. The summed E-state index contributed by atoms with van der Waals surface area (Å²) < 4.78 is 5.87. The maximum atomic E-state index is 12.2. The maximum absolute atomic E-state index is 12.2. The number of carbonyl (C=O) groups excluding carboxylic acids is 1. The molecule has 3 aromatic carbocycles. The van der Waals surface area contributed by atoms with Gasteiger partial charge in [-0.1, -0.05) is 42.5 Å². The zero-order valence-corrected chi connectivity index (χ0v) is 15.4. The molecule has 138 valence electrons. The molecule has 3 aromatic rings. The molecule has 0 spiro atoms. The lowest BCUT2D eigenvalue weighted by molar-refractivity contribution is 0.0954. The van der Waals surface area contributed by atoms with Crippen LogP contribution in [0.2, 0.25) is 0 Å². The Hall–Kier alpha value is -3.91. The van der Waals surface area contributed by atoms with Gasteiger partial charge >= 0.3 is 0 Å². The lowest BCUT2D eigenvalue weighted by atomic mass is 10.1. The molecule has 0 unspecified atom stereocenters. The van der Waals surface area contributed by atoms with E-state index in [-0.39, 0.29) is 5.91 Å². The summed E-state index contributed by atoms with van der Waals surface area (Å²) in [6.45, 7) is 2.25. The fourth-order valence-corrected chi connectivity index (χ4v) is 2.60. The Morgan fingerprint density at radius 2 is 1.79 bits per heavy atom. The molecule has 0 radical (unpaired) electrons. The molecule has 0 aromatic heterocycles. The van der Waals surface area contributed by atoms with Crippen LogP contribution in [0.15, 0.2) is 77.9 Å². The van der Waals surface area contributed by atoms with E-state index in [4.69, 9.17) is 10.00 Å². The van der Waals surface area contributed by atoms with Gasteiger partial charge in [0.1, 0.15) is 12.4 Å². The molecule has 5 heteroatoms. The summed E-state index contributed by atoms with van der Waals surface area (Å²) in [5.41, 5.74) is 6.34. The molecule has 5 nitrogen and oxygen atoms in total. The van der Waals surface area contributed by atoms with E-state index in [1.165, 1.54) is 0 Å². The van der Waals surface area contributed by atoms with Gasteiger partial charge in [-0.25, -0.2) is 5.43 Å². The summed E-state index contributed by atoms with van der Waals surface area (Å²) in [5, 5.41) is 12.9. The van der Waals surface area contributed by atoms with E-state index < -0.39 is 0 Å². The zero-order chi connectivity index (χ0) is 19.8. The number of nitrogens with one attached hydrogen (secondary N) is 1. The Morgan fingerprint density at radius 3 is 2.54 bits per heavy atom. The minimum atomic E-state index is -0.259. The zero-order valence-electron chi connectivity index (χ0n) is 15.4. The first-order chi connectivity index (χ1) is 13.7. The summed E-state index contributed by atoms with van der Waals surface area (Å²) in [6.07, 6.45) is 1.56. The fraction of sp³-hybridized carbons (Fsp3) is 0.0870. The van der Waals surface area contributed by atoms with Gasteiger partial charge in [0.25, 0.3) is 5.91 Å². The fourth-order valence-electron chi connectivity index (χ4n) is 2.60. The number of hydrogen-bond donors (Lipinski definition) is 1. The number of nitrogens with zero attached hydrogens (tertiary/aromatic N) is 2. The predicted octanol–water partition coefficient (Wildman–Crippen LogP) is 4.21. The monoisotopic (exact) mass is 369 g/mol. The van der Waals surface area contributed by atoms with Crippen LogP contribution in [0.25, 0.3) is 0 Å². The second kappa shape index (κ2) is 9.15. The van der Waals surface area contributed by atoms with Gasteiger partial charge in [-0.2, -0.15) is 10.4 Å². The van der Waals surface area contributed by atoms with Crippen molar-refractivity contribution in [3.63, 3.8) is 0 Å². The molecule has 0 saturated heterocycles. The van der Waals surface area contributed by atoms with E-state index in [1.807, 2.05) is 61.5 Å². The average Bonchev–Trinajstić information content (AvgIpc) is 2.73. The van der Waals surface area contributed by atoms with Crippen LogP contribution in [0.3, 0.4) is 0 Å². The van der Waals surface area contributed by atoms with Crippen molar-refractivity contribution in [2.24, 2.45) is 5.10 Å². The van der Waals surface area contributed by atoms with Crippen molar-refractivity contribution in [2.45, 2.75) is 13.5 Å². The molecule has 28 heavy (non-hydrogen) atoms. The van der Waals surface area contributed by atoms with E-state index in [9.17, 15) is 4.79 Å². The number of nitriles is 1. The van der Waals surface area contributed by atoms with E-state index in [2.05, 4.69) is 16.6 Å². The Balaban J connectivity index is 1.64. The molecule has 0 aliphatic carbocycles. The van der Waals surface area contributed by atoms with Crippen LogP contribution >= 0.6 is 0 Å². The molecule has 1 amide bonds. The van der Waals surface area contributed by atoms with Crippen molar-refractivity contribution in [1.82, 2.24) is 5.43 Å². The molecule has 1 N–H and O–H groups in total. The van der Waals surface area contributed by atoms with Gasteiger partial charge in [0.15, 0.2) is 0 Å². The minimum absolute atomic E-state index is 0.259. The molecular formula is C23H19N3O2. The summed E-state index contributed by atoms with van der Waals surface area (Å²) in [4.78, 5) is 12.2.